The molecule has 0 unspecified atom stereocenters. The molecule has 7 nitrogen and oxygen atoms in total. The number of ether oxygens (including phenoxy) is 3. The number of rotatable bonds is 6. The van der Waals surface area contributed by atoms with E-state index in [1.165, 1.54) is 6.08 Å². The molecular formula is C25H32O7. The smallest absolute Gasteiger partial charge is 0.337 e. The average Bonchev–Trinajstić information content (AvgIpc) is 3.02. The lowest BCUT2D eigenvalue weighted by atomic mass is 9.85. The number of carbonyl (C=O) groups excluding carboxylic acids is 3. The van der Waals surface area contributed by atoms with Gasteiger partial charge in [0, 0.05) is 17.6 Å². The summed E-state index contributed by atoms with van der Waals surface area (Å²) in [6.45, 7) is 10.3. The zero-order valence-electron chi connectivity index (χ0n) is 19.2. The van der Waals surface area contributed by atoms with Gasteiger partial charge in [-0.2, -0.15) is 0 Å². The largest absolute Gasteiger partial charge is 0.458 e. The first kappa shape index (κ1) is 25.3. The highest BCUT2D eigenvalue weighted by atomic mass is 16.6. The molecule has 0 aromatic heterocycles. The molecule has 2 rings (SSSR count). The maximum Gasteiger partial charge on any atom is 0.337 e. The van der Waals surface area contributed by atoms with E-state index < -0.39 is 42.6 Å². The molecule has 32 heavy (non-hydrogen) atoms. The normalized spacial score (nSPS) is 28.0. The monoisotopic (exact) mass is 444 g/mol. The van der Waals surface area contributed by atoms with Gasteiger partial charge >= 0.3 is 17.9 Å². The molecule has 1 saturated heterocycles. The highest BCUT2D eigenvalue weighted by molar-refractivity contribution is 5.93. The van der Waals surface area contributed by atoms with Crippen LogP contribution in [0.1, 0.15) is 47.0 Å². The number of hydrogen-bond acceptors (Lipinski definition) is 7. The first-order valence-electron chi connectivity index (χ1n) is 10.7. The van der Waals surface area contributed by atoms with Gasteiger partial charge in [-0.15, -0.1) is 0 Å². The molecule has 174 valence electrons. The van der Waals surface area contributed by atoms with Gasteiger partial charge < -0.3 is 19.3 Å². The molecule has 0 amide bonds. The summed E-state index contributed by atoms with van der Waals surface area (Å²) < 4.78 is 16.5. The maximum atomic E-state index is 13.0. The molecule has 1 aliphatic carbocycles. The third-order valence-electron chi connectivity index (χ3n) is 5.64. The Morgan fingerprint density at radius 2 is 2.00 bits per heavy atom. The molecule has 0 radical (unpaired) electrons. The van der Waals surface area contributed by atoms with Crippen molar-refractivity contribution in [1.82, 2.24) is 0 Å². The lowest BCUT2D eigenvalue weighted by Gasteiger charge is -2.27. The molecule has 1 heterocycles. The molecule has 3 atom stereocenters. The van der Waals surface area contributed by atoms with Crippen molar-refractivity contribution in [3.63, 3.8) is 0 Å². The fourth-order valence-electron chi connectivity index (χ4n) is 3.63. The second-order valence-electron chi connectivity index (χ2n) is 8.13. The molecular weight excluding hydrogens is 412 g/mol. The molecule has 0 bridgehead atoms. The second-order valence-corrected chi connectivity index (χ2v) is 8.13. The summed E-state index contributed by atoms with van der Waals surface area (Å²) in [5.74, 6) is -2.34. The van der Waals surface area contributed by atoms with Crippen molar-refractivity contribution < 1.29 is 33.7 Å². The van der Waals surface area contributed by atoms with Crippen molar-refractivity contribution in [2.45, 2.75) is 59.2 Å². The van der Waals surface area contributed by atoms with Gasteiger partial charge in [-0.3, -0.25) is 0 Å². The lowest BCUT2D eigenvalue weighted by Crippen LogP contribution is -2.34. The Morgan fingerprint density at radius 3 is 2.66 bits per heavy atom. The quantitative estimate of drug-likeness (QED) is 0.290. The van der Waals surface area contributed by atoms with Crippen molar-refractivity contribution in [2.24, 2.45) is 5.92 Å². The Kier molecular flexibility index (Phi) is 9.20. The molecule has 2 aliphatic rings. The Balaban J connectivity index is 2.28. The Labute approximate surface area is 189 Å². The van der Waals surface area contributed by atoms with E-state index >= 15 is 0 Å². The topological polar surface area (TPSA) is 99.1 Å². The van der Waals surface area contributed by atoms with E-state index in [0.717, 1.165) is 24.0 Å². The van der Waals surface area contributed by atoms with E-state index in [1.807, 2.05) is 19.9 Å². The van der Waals surface area contributed by atoms with Crippen LogP contribution in [0, 0.1) is 5.92 Å². The van der Waals surface area contributed by atoms with Crippen LogP contribution in [0.5, 0.6) is 0 Å². The molecule has 1 N–H and O–H groups in total. The Bertz CT molecular complexity index is 888. The van der Waals surface area contributed by atoms with Crippen molar-refractivity contribution >= 4 is 17.9 Å². The Hall–Kier alpha value is -2.93. The first-order chi connectivity index (χ1) is 15.2. The van der Waals surface area contributed by atoms with Gasteiger partial charge in [0.25, 0.3) is 0 Å². The van der Waals surface area contributed by atoms with Crippen LogP contribution >= 0.6 is 0 Å². The van der Waals surface area contributed by atoms with E-state index in [1.54, 1.807) is 19.9 Å². The fourth-order valence-corrected chi connectivity index (χ4v) is 3.63. The van der Waals surface area contributed by atoms with E-state index in [4.69, 9.17) is 14.2 Å². The average molecular weight is 445 g/mol. The third-order valence-corrected chi connectivity index (χ3v) is 5.64. The van der Waals surface area contributed by atoms with Gasteiger partial charge in [0.15, 0.2) is 0 Å². The van der Waals surface area contributed by atoms with Crippen LogP contribution in [0.3, 0.4) is 0 Å². The van der Waals surface area contributed by atoms with Gasteiger partial charge in [-0.05, 0) is 52.7 Å². The summed E-state index contributed by atoms with van der Waals surface area (Å²) in [4.78, 5) is 37.1. The highest BCUT2D eigenvalue weighted by Gasteiger charge is 2.44. The van der Waals surface area contributed by atoms with Crippen LogP contribution in [0.2, 0.25) is 0 Å². The number of esters is 3. The molecule has 1 aliphatic heterocycles. The standard InChI is InChI=1S/C25H32O7/c1-6-17(4)23(27)30-14-19(10-11-26)25(29)32-21-13-16(3)9-7-8-15(2)12-20-22(21)18(5)24(28)31-20/h6,9-10,12,20-22,26H,5,7-8,11,13-14H2,1-4H3/b15-12+,16-9+,17-6+,19-10+/t20-,21-,22-/m1/s1. The van der Waals surface area contributed by atoms with Crippen LogP contribution in [0.4, 0.5) is 0 Å². The number of allylic oxidation sites excluding steroid dienone is 3. The van der Waals surface area contributed by atoms with Gasteiger partial charge in [-0.25, -0.2) is 14.4 Å². The van der Waals surface area contributed by atoms with E-state index in [0.29, 0.717) is 12.0 Å². The number of aliphatic hydroxyl groups excluding tert-OH is 1. The van der Waals surface area contributed by atoms with Gasteiger partial charge in [0.2, 0.25) is 0 Å². The van der Waals surface area contributed by atoms with Gasteiger partial charge in [-0.1, -0.05) is 29.9 Å². The molecule has 1 fully saturated rings. The van der Waals surface area contributed by atoms with Gasteiger partial charge in [0.1, 0.15) is 18.8 Å². The number of fused-ring (bicyclic) bond motifs is 1. The van der Waals surface area contributed by atoms with Crippen LogP contribution in [0.25, 0.3) is 0 Å². The molecule has 0 spiro atoms. The zero-order chi connectivity index (χ0) is 23.8. The zero-order valence-corrected chi connectivity index (χ0v) is 19.2. The predicted octanol–water partition coefficient (Wildman–Crippen LogP) is 3.50. The highest BCUT2D eigenvalue weighted by Crippen LogP contribution is 2.36. The first-order valence-corrected chi connectivity index (χ1v) is 10.7. The van der Waals surface area contributed by atoms with Crippen LogP contribution < -0.4 is 0 Å². The third kappa shape index (κ3) is 6.53. The molecule has 0 saturated carbocycles. The van der Waals surface area contributed by atoms with Crippen LogP contribution in [-0.2, 0) is 28.6 Å². The molecule has 7 heteroatoms. The maximum absolute atomic E-state index is 13.0. The summed E-state index contributed by atoms with van der Waals surface area (Å²) >= 11 is 0. The summed E-state index contributed by atoms with van der Waals surface area (Å²) in [6.07, 6.45) is 7.62. The number of hydrogen-bond donors (Lipinski definition) is 1. The number of carbonyl (C=O) groups is 3. The Morgan fingerprint density at radius 1 is 1.28 bits per heavy atom. The summed E-state index contributed by atoms with van der Waals surface area (Å²) in [5.41, 5.74) is 2.77. The summed E-state index contributed by atoms with van der Waals surface area (Å²) in [6, 6.07) is 0. The van der Waals surface area contributed by atoms with E-state index in [-0.39, 0.29) is 17.8 Å². The minimum Gasteiger partial charge on any atom is -0.458 e. The summed E-state index contributed by atoms with van der Waals surface area (Å²) in [5, 5.41) is 9.33. The van der Waals surface area contributed by atoms with Crippen molar-refractivity contribution in [2.75, 3.05) is 13.2 Å². The lowest BCUT2D eigenvalue weighted by molar-refractivity contribution is -0.148. The number of aliphatic hydroxyl groups is 1. The van der Waals surface area contributed by atoms with Crippen molar-refractivity contribution in [3.05, 3.63) is 58.7 Å². The predicted molar refractivity (Wildman–Crippen MR) is 119 cm³/mol. The van der Waals surface area contributed by atoms with E-state index in [2.05, 4.69) is 12.7 Å². The minimum atomic E-state index is -0.730. The van der Waals surface area contributed by atoms with Gasteiger partial charge in [0.05, 0.1) is 18.1 Å². The van der Waals surface area contributed by atoms with E-state index in [9.17, 15) is 19.5 Å². The van der Waals surface area contributed by atoms with Crippen molar-refractivity contribution in [1.29, 1.82) is 0 Å². The van der Waals surface area contributed by atoms with Crippen LogP contribution in [-0.4, -0.2) is 48.4 Å². The fraction of sp³-hybridized carbons (Fsp3) is 0.480. The SMILES string of the molecule is C=C1C(=O)O[C@@H]2/C=C(\C)CC/C=C(\C)C[C@@H](OC(=O)/C(=C/CO)COC(=O)/C(C)=C/C)[C@H]12. The van der Waals surface area contributed by atoms with Crippen LogP contribution in [0.15, 0.2) is 58.7 Å². The minimum absolute atomic E-state index is 0.0163. The molecule has 0 aromatic rings. The summed E-state index contributed by atoms with van der Waals surface area (Å²) in [7, 11) is 0. The van der Waals surface area contributed by atoms with Crippen molar-refractivity contribution in [3.8, 4) is 0 Å². The molecule has 0 aromatic carbocycles. The second kappa shape index (κ2) is 11.6.